The van der Waals surface area contributed by atoms with Gasteiger partial charge in [-0.05, 0) is 17.7 Å². The molecular weight excluding hydrogens is 330 g/mol. The molecule has 2 N–H and O–H groups in total. The van der Waals surface area contributed by atoms with Crippen LogP contribution in [0.4, 0.5) is 0 Å². The molecule has 0 bridgehead atoms. The third-order valence-corrected chi connectivity index (χ3v) is 6.17. The number of halogens is 1. The lowest BCUT2D eigenvalue weighted by molar-refractivity contribution is 0.175. The summed E-state index contributed by atoms with van der Waals surface area (Å²) >= 11 is 7.49. The molecule has 1 heterocycles. The van der Waals surface area contributed by atoms with Crippen molar-refractivity contribution in [2.45, 2.75) is 11.4 Å². The zero-order valence-electron chi connectivity index (χ0n) is 10.1. The van der Waals surface area contributed by atoms with E-state index in [1.165, 1.54) is 17.3 Å². The maximum Gasteiger partial charge on any atom is 0.0914 e. The molecule has 0 aliphatic carbocycles. The van der Waals surface area contributed by atoms with Crippen molar-refractivity contribution in [1.82, 2.24) is 5.32 Å². The number of aliphatic hydroxyl groups is 1. The standard InChI is InChI=1S/C13H18BrNOS2/c14-11-3-1-2-10(6-11)13(16)8-15-7-12-9-17-4-5-18-12/h1-3,6,12-13,15-16H,4-5,7-9H2. The molecule has 0 radical (unpaired) electrons. The Balaban J connectivity index is 1.72. The lowest BCUT2D eigenvalue weighted by Gasteiger charge is -2.22. The van der Waals surface area contributed by atoms with Crippen LogP contribution in [0.1, 0.15) is 11.7 Å². The van der Waals surface area contributed by atoms with Gasteiger partial charge in [0.25, 0.3) is 0 Å². The van der Waals surface area contributed by atoms with Gasteiger partial charge in [0.1, 0.15) is 0 Å². The molecule has 1 fully saturated rings. The van der Waals surface area contributed by atoms with Crippen LogP contribution in [0.5, 0.6) is 0 Å². The van der Waals surface area contributed by atoms with E-state index in [2.05, 4.69) is 21.2 Å². The average molecular weight is 348 g/mol. The average Bonchev–Trinajstić information content (AvgIpc) is 2.40. The first-order valence-electron chi connectivity index (χ1n) is 6.09. The summed E-state index contributed by atoms with van der Waals surface area (Å²) in [5, 5.41) is 14.1. The van der Waals surface area contributed by atoms with Gasteiger partial charge in [-0.25, -0.2) is 0 Å². The van der Waals surface area contributed by atoms with Crippen molar-refractivity contribution in [1.29, 1.82) is 0 Å². The maximum atomic E-state index is 10.1. The summed E-state index contributed by atoms with van der Waals surface area (Å²) < 4.78 is 1.01. The van der Waals surface area contributed by atoms with Crippen LogP contribution < -0.4 is 5.32 Å². The van der Waals surface area contributed by atoms with E-state index in [-0.39, 0.29) is 0 Å². The van der Waals surface area contributed by atoms with E-state index in [0.717, 1.165) is 16.6 Å². The van der Waals surface area contributed by atoms with E-state index in [1.54, 1.807) is 0 Å². The normalized spacial score (nSPS) is 21.8. The number of benzene rings is 1. The maximum absolute atomic E-state index is 10.1. The van der Waals surface area contributed by atoms with Gasteiger partial charge in [0.05, 0.1) is 6.10 Å². The third-order valence-electron chi connectivity index (χ3n) is 2.83. The summed E-state index contributed by atoms with van der Waals surface area (Å²) in [6, 6.07) is 7.86. The van der Waals surface area contributed by atoms with Gasteiger partial charge in [-0.2, -0.15) is 23.5 Å². The van der Waals surface area contributed by atoms with Gasteiger partial charge in [0.15, 0.2) is 0 Å². The van der Waals surface area contributed by atoms with E-state index < -0.39 is 6.10 Å². The SMILES string of the molecule is OC(CNCC1CSCCS1)c1cccc(Br)c1. The van der Waals surface area contributed by atoms with Gasteiger partial charge in [-0.15, -0.1) is 0 Å². The zero-order valence-corrected chi connectivity index (χ0v) is 13.4. The molecule has 0 amide bonds. The first kappa shape index (κ1) is 14.7. The third kappa shape index (κ3) is 4.78. The molecule has 0 spiro atoms. The number of rotatable bonds is 5. The van der Waals surface area contributed by atoms with Crippen LogP contribution in [0, 0.1) is 0 Å². The highest BCUT2D eigenvalue weighted by atomic mass is 79.9. The second-order valence-corrected chi connectivity index (χ2v) is 7.77. The topological polar surface area (TPSA) is 32.3 Å². The van der Waals surface area contributed by atoms with Gasteiger partial charge in [0, 0.05) is 40.1 Å². The van der Waals surface area contributed by atoms with Crippen molar-refractivity contribution in [3.63, 3.8) is 0 Å². The Morgan fingerprint density at radius 2 is 2.33 bits per heavy atom. The van der Waals surface area contributed by atoms with E-state index in [4.69, 9.17) is 0 Å². The first-order chi connectivity index (χ1) is 8.75. The van der Waals surface area contributed by atoms with Crippen molar-refractivity contribution in [3.05, 3.63) is 34.3 Å². The number of hydrogen-bond donors (Lipinski definition) is 2. The molecule has 2 nitrogen and oxygen atoms in total. The molecule has 1 saturated heterocycles. The Morgan fingerprint density at radius 1 is 1.44 bits per heavy atom. The fourth-order valence-corrected chi connectivity index (χ4v) is 4.93. The number of hydrogen-bond acceptors (Lipinski definition) is 4. The molecule has 1 aromatic rings. The van der Waals surface area contributed by atoms with Gasteiger partial charge in [-0.1, -0.05) is 28.1 Å². The highest BCUT2D eigenvalue weighted by Gasteiger charge is 2.14. The van der Waals surface area contributed by atoms with Crippen LogP contribution in [0.25, 0.3) is 0 Å². The monoisotopic (exact) mass is 347 g/mol. The van der Waals surface area contributed by atoms with Gasteiger partial charge >= 0.3 is 0 Å². The largest absolute Gasteiger partial charge is 0.387 e. The van der Waals surface area contributed by atoms with Crippen LogP contribution in [0.15, 0.2) is 28.7 Å². The summed E-state index contributed by atoms with van der Waals surface area (Å²) in [6.07, 6.45) is -0.427. The highest BCUT2D eigenvalue weighted by molar-refractivity contribution is 9.10. The van der Waals surface area contributed by atoms with Crippen LogP contribution in [0.2, 0.25) is 0 Å². The second-order valence-electron chi connectivity index (χ2n) is 4.30. The van der Waals surface area contributed by atoms with E-state index in [9.17, 15) is 5.11 Å². The fourth-order valence-electron chi connectivity index (χ4n) is 1.87. The summed E-state index contributed by atoms with van der Waals surface area (Å²) in [4.78, 5) is 0. The van der Waals surface area contributed by atoms with Crippen molar-refractivity contribution >= 4 is 39.5 Å². The lowest BCUT2D eigenvalue weighted by atomic mass is 10.1. The molecule has 2 atom stereocenters. The Labute approximate surface area is 125 Å². The first-order valence-corrected chi connectivity index (χ1v) is 9.09. The fraction of sp³-hybridized carbons (Fsp3) is 0.538. The molecule has 1 aliphatic rings. The molecule has 1 aromatic carbocycles. The molecule has 0 saturated carbocycles. The van der Waals surface area contributed by atoms with Crippen LogP contribution in [0.3, 0.4) is 0 Å². The Morgan fingerprint density at radius 3 is 3.06 bits per heavy atom. The van der Waals surface area contributed by atoms with Crippen LogP contribution in [-0.4, -0.2) is 40.7 Å². The summed E-state index contributed by atoms with van der Waals surface area (Å²) in [6.45, 7) is 1.61. The minimum atomic E-state index is -0.427. The van der Waals surface area contributed by atoms with Crippen molar-refractivity contribution in [3.8, 4) is 0 Å². The summed E-state index contributed by atoms with van der Waals surface area (Å²) in [5.41, 5.74) is 0.961. The zero-order chi connectivity index (χ0) is 12.8. The molecule has 100 valence electrons. The van der Waals surface area contributed by atoms with Crippen LogP contribution >= 0.6 is 39.5 Å². The molecule has 5 heteroatoms. The molecule has 2 rings (SSSR count). The van der Waals surface area contributed by atoms with E-state index in [1.807, 2.05) is 47.8 Å². The van der Waals surface area contributed by atoms with E-state index >= 15 is 0 Å². The minimum Gasteiger partial charge on any atom is -0.387 e. The van der Waals surface area contributed by atoms with Crippen molar-refractivity contribution < 1.29 is 5.11 Å². The van der Waals surface area contributed by atoms with Gasteiger partial charge in [-0.3, -0.25) is 0 Å². The van der Waals surface area contributed by atoms with E-state index in [0.29, 0.717) is 11.8 Å². The molecule has 0 aromatic heterocycles. The lowest BCUT2D eigenvalue weighted by Crippen LogP contribution is -2.31. The van der Waals surface area contributed by atoms with Crippen molar-refractivity contribution in [2.75, 3.05) is 30.3 Å². The minimum absolute atomic E-state index is 0.427. The number of thioether (sulfide) groups is 2. The Hall–Kier alpha value is 0.320. The second kappa shape index (κ2) is 7.80. The molecule has 2 unspecified atom stereocenters. The quantitative estimate of drug-likeness (QED) is 0.857. The number of aliphatic hydroxyl groups excluding tert-OH is 1. The van der Waals surface area contributed by atoms with Crippen LogP contribution in [-0.2, 0) is 0 Å². The van der Waals surface area contributed by atoms with Crippen molar-refractivity contribution in [2.24, 2.45) is 0 Å². The molecule has 1 aliphatic heterocycles. The summed E-state index contributed by atoms with van der Waals surface area (Å²) in [7, 11) is 0. The smallest absolute Gasteiger partial charge is 0.0914 e. The predicted molar refractivity (Wildman–Crippen MR) is 85.5 cm³/mol. The Kier molecular flexibility index (Phi) is 6.38. The van der Waals surface area contributed by atoms with Gasteiger partial charge < -0.3 is 10.4 Å². The summed E-state index contributed by atoms with van der Waals surface area (Å²) in [5.74, 6) is 3.76. The van der Waals surface area contributed by atoms with Gasteiger partial charge in [0.2, 0.25) is 0 Å². The number of nitrogens with one attached hydrogen (secondary N) is 1. The highest BCUT2D eigenvalue weighted by Crippen LogP contribution is 2.23. The molecular formula is C13H18BrNOS2. The Bertz CT molecular complexity index is 372. The molecule has 18 heavy (non-hydrogen) atoms. The predicted octanol–water partition coefficient (Wildman–Crippen LogP) is 2.92.